The van der Waals surface area contributed by atoms with Crippen molar-refractivity contribution in [2.45, 2.75) is 46.4 Å². The second kappa shape index (κ2) is 13.8. The molecule has 0 N–H and O–H groups in total. The average molecular weight is 696 g/mol. The number of hydrogen-bond donors (Lipinski definition) is 0. The van der Waals surface area contributed by atoms with E-state index >= 15 is 0 Å². The summed E-state index contributed by atoms with van der Waals surface area (Å²) in [7, 11) is 1.51. The second-order valence-corrected chi connectivity index (χ2v) is 12.3. The number of esters is 1. The first-order valence-electron chi connectivity index (χ1n) is 14.3. The first-order chi connectivity index (χ1) is 21.6. The smallest absolute Gasteiger partial charge is 0.338 e. The summed E-state index contributed by atoms with van der Waals surface area (Å²) in [5.41, 5.74) is 1.88. The number of carbonyl (C=O) groups is 1. The molecule has 234 valence electrons. The maximum Gasteiger partial charge on any atom is 0.338 e. The number of nitrogens with zero attached hydrogens (tertiary/aromatic N) is 2. The van der Waals surface area contributed by atoms with E-state index in [0.29, 0.717) is 53.4 Å². The number of fused-ring (bicyclic) bond motifs is 1. The summed E-state index contributed by atoms with van der Waals surface area (Å²) in [5.74, 6) is 0.336. The van der Waals surface area contributed by atoms with Crippen LogP contribution in [0.2, 0.25) is 0 Å². The molecule has 1 aliphatic rings. The molecule has 0 unspecified atom stereocenters. The molecule has 0 saturated heterocycles. The topological polar surface area (TPSA) is 88.4 Å². The highest BCUT2D eigenvalue weighted by Gasteiger charge is 2.35. The molecule has 0 spiro atoms. The van der Waals surface area contributed by atoms with Gasteiger partial charge in [-0.3, -0.25) is 9.36 Å². The van der Waals surface area contributed by atoms with Gasteiger partial charge in [0.25, 0.3) is 5.56 Å². The summed E-state index contributed by atoms with van der Waals surface area (Å²) in [6, 6.07) is 16.4. The van der Waals surface area contributed by atoms with Crippen LogP contribution in [0.5, 0.6) is 17.2 Å². The van der Waals surface area contributed by atoms with Gasteiger partial charge >= 0.3 is 5.97 Å². The van der Waals surface area contributed by atoms with Crippen LogP contribution in [-0.4, -0.2) is 30.4 Å². The Balaban J connectivity index is 1.70. The Morgan fingerprint density at radius 3 is 2.58 bits per heavy atom. The Morgan fingerprint density at radius 2 is 1.87 bits per heavy atom. The fourth-order valence-corrected chi connectivity index (χ4v) is 6.55. The number of benzene rings is 3. The minimum Gasteiger partial charge on any atom is -0.493 e. The lowest BCUT2D eigenvalue weighted by Gasteiger charge is -2.26. The van der Waals surface area contributed by atoms with Gasteiger partial charge in [-0.2, -0.15) is 0 Å². The van der Waals surface area contributed by atoms with E-state index in [9.17, 15) is 14.0 Å². The average Bonchev–Trinajstić information content (AvgIpc) is 3.30. The van der Waals surface area contributed by atoms with E-state index in [4.69, 9.17) is 18.9 Å². The van der Waals surface area contributed by atoms with E-state index in [1.165, 1.54) is 29.1 Å². The highest BCUT2D eigenvalue weighted by molar-refractivity contribution is 9.10. The summed E-state index contributed by atoms with van der Waals surface area (Å²) in [6.07, 6.45) is 1.54. The predicted octanol–water partition coefficient (Wildman–Crippen LogP) is 6.07. The molecule has 0 radical (unpaired) electrons. The fourth-order valence-electron chi connectivity index (χ4n) is 5.06. The van der Waals surface area contributed by atoms with Crippen molar-refractivity contribution in [1.82, 2.24) is 4.57 Å². The zero-order valence-corrected chi connectivity index (χ0v) is 27.8. The number of halogens is 2. The molecule has 0 bridgehead atoms. The third-order valence-corrected chi connectivity index (χ3v) is 8.42. The molecule has 4 aromatic rings. The maximum absolute atomic E-state index is 14.4. The summed E-state index contributed by atoms with van der Waals surface area (Å²) in [5, 5.41) is 0. The third-order valence-electron chi connectivity index (χ3n) is 6.98. The van der Waals surface area contributed by atoms with E-state index in [0.717, 1.165) is 0 Å². The first-order valence-corrected chi connectivity index (χ1v) is 15.9. The van der Waals surface area contributed by atoms with Gasteiger partial charge in [0.1, 0.15) is 24.2 Å². The van der Waals surface area contributed by atoms with E-state index in [2.05, 4.69) is 20.9 Å². The highest BCUT2D eigenvalue weighted by atomic mass is 79.9. The van der Waals surface area contributed by atoms with Crippen LogP contribution < -0.4 is 29.1 Å². The summed E-state index contributed by atoms with van der Waals surface area (Å²) >= 11 is 4.69. The number of ether oxygens (including phenoxy) is 4. The zero-order valence-electron chi connectivity index (χ0n) is 25.4. The number of allylic oxidation sites excluding steroid dienone is 1. The van der Waals surface area contributed by atoms with Crippen molar-refractivity contribution in [2.75, 3.05) is 13.7 Å². The van der Waals surface area contributed by atoms with Gasteiger partial charge in [-0.1, -0.05) is 63.7 Å². The molecule has 2 heterocycles. The van der Waals surface area contributed by atoms with Gasteiger partial charge < -0.3 is 18.9 Å². The van der Waals surface area contributed by atoms with Gasteiger partial charge in [0.15, 0.2) is 16.3 Å². The molecule has 1 aromatic heterocycles. The number of methoxy groups -OCH3 is 1. The van der Waals surface area contributed by atoms with Gasteiger partial charge in [0.05, 0.1) is 35.6 Å². The lowest BCUT2D eigenvalue weighted by atomic mass is 9.95. The van der Waals surface area contributed by atoms with Crippen LogP contribution in [0.15, 0.2) is 86.2 Å². The van der Waals surface area contributed by atoms with Crippen molar-refractivity contribution in [1.29, 1.82) is 0 Å². The third kappa shape index (κ3) is 6.74. The quantitative estimate of drug-likeness (QED) is 0.187. The number of aromatic nitrogens is 1. The minimum absolute atomic E-state index is 0.0541. The van der Waals surface area contributed by atoms with Crippen LogP contribution in [0, 0.1) is 5.82 Å². The molecule has 11 heteroatoms. The molecule has 0 amide bonds. The lowest BCUT2D eigenvalue weighted by Crippen LogP contribution is -2.40. The van der Waals surface area contributed by atoms with E-state index in [1.807, 2.05) is 38.1 Å². The molecule has 1 atom stereocenters. The molecule has 3 aromatic carbocycles. The van der Waals surface area contributed by atoms with Gasteiger partial charge in [-0.05, 0) is 58.0 Å². The summed E-state index contributed by atoms with van der Waals surface area (Å²) in [4.78, 5) is 32.7. The van der Waals surface area contributed by atoms with Gasteiger partial charge in [-0.25, -0.2) is 14.2 Å². The van der Waals surface area contributed by atoms with E-state index in [1.54, 1.807) is 50.3 Å². The van der Waals surface area contributed by atoms with E-state index in [-0.39, 0.29) is 30.5 Å². The van der Waals surface area contributed by atoms with Gasteiger partial charge in [0, 0.05) is 21.2 Å². The minimum atomic E-state index is -0.841. The van der Waals surface area contributed by atoms with Crippen molar-refractivity contribution >= 4 is 39.3 Å². The highest BCUT2D eigenvalue weighted by Crippen LogP contribution is 2.38. The fraction of sp³-hybridized carbons (Fsp3) is 0.265. The van der Waals surface area contributed by atoms with Crippen molar-refractivity contribution in [3.05, 3.63) is 119 Å². The maximum atomic E-state index is 14.4. The SMILES string of the molecule is CCOC(=O)C1=C(C)N=c2s/c(=C\c3cc(Br)cc(OC)c3OCc3ccccc3F)c(=O)n2[C@H]1c1ccccc1OC(C)C. The van der Waals surface area contributed by atoms with E-state index < -0.39 is 17.8 Å². The van der Waals surface area contributed by atoms with Crippen LogP contribution >= 0.6 is 27.3 Å². The Kier molecular flexibility index (Phi) is 9.89. The first kappa shape index (κ1) is 32.2. The monoisotopic (exact) mass is 694 g/mol. The number of hydrogen-bond acceptors (Lipinski definition) is 8. The van der Waals surface area contributed by atoms with Crippen molar-refractivity contribution in [3.8, 4) is 17.2 Å². The molecule has 5 rings (SSSR count). The van der Waals surface area contributed by atoms with Crippen LogP contribution in [0.3, 0.4) is 0 Å². The molecule has 0 fully saturated rings. The van der Waals surface area contributed by atoms with Crippen LogP contribution in [0.4, 0.5) is 4.39 Å². The number of rotatable bonds is 10. The molecule has 1 aliphatic heterocycles. The Hall–Kier alpha value is -4.22. The van der Waals surface area contributed by atoms with Crippen LogP contribution in [0.1, 0.15) is 50.4 Å². The van der Waals surface area contributed by atoms with Crippen molar-refractivity contribution < 1.29 is 28.1 Å². The summed E-state index contributed by atoms with van der Waals surface area (Å²) < 4.78 is 40.2. The second-order valence-electron chi connectivity index (χ2n) is 10.4. The van der Waals surface area contributed by atoms with Crippen molar-refractivity contribution in [3.63, 3.8) is 0 Å². The Morgan fingerprint density at radius 1 is 1.13 bits per heavy atom. The number of thiazole rings is 1. The molecule has 0 aliphatic carbocycles. The number of para-hydroxylation sites is 1. The molecule has 45 heavy (non-hydrogen) atoms. The predicted molar refractivity (Wildman–Crippen MR) is 174 cm³/mol. The zero-order chi connectivity index (χ0) is 32.2. The standard InChI is InChI=1S/C34H32BrFN2O6S/c1-6-42-33(40)29-20(4)37-34-38(30(29)24-12-8-10-14-26(24)44-19(2)3)32(39)28(45-34)16-22-15-23(35)17-27(41-5)31(22)43-18-21-11-7-9-13-25(21)36/h7-17,19,30H,6,18H2,1-5H3/b28-16-/t30-/m0/s1. The van der Waals surface area contributed by atoms with Gasteiger partial charge in [-0.15, -0.1) is 0 Å². The molecular weight excluding hydrogens is 663 g/mol. The van der Waals surface area contributed by atoms with Gasteiger partial charge in [0.2, 0.25) is 0 Å². The normalized spacial score (nSPS) is 14.7. The molecule has 8 nitrogen and oxygen atoms in total. The Bertz CT molecular complexity index is 1970. The summed E-state index contributed by atoms with van der Waals surface area (Å²) in [6.45, 7) is 7.39. The Labute approximate surface area is 272 Å². The van der Waals surface area contributed by atoms with Crippen LogP contribution in [0.25, 0.3) is 6.08 Å². The molecule has 0 saturated carbocycles. The lowest BCUT2D eigenvalue weighted by molar-refractivity contribution is -0.139. The largest absolute Gasteiger partial charge is 0.493 e. The number of carbonyl (C=O) groups excluding carboxylic acids is 1. The van der Waals surface area contributed by atoms with Crippen LogP contribution in [-0.2, 0) is 16.1 Å². The molecular formula is C34H32BrFN2O6S. The van der Waals surface area contributed by atoms with Crippen molar-refractivity contribution in [2.24, 2.45) is 4.99 Å².